The molecule has 4 aromatic rings. The van der Waals surface area contributed by atoms with Crippen molar-refractivity contribution in [3.63, 3.8) is 0 Å². The third kappa shape index (κ3) is 4.48. The second-order valence-electron chi connectivity index (χ2n) is 8.57. The van der Waals surface area contributed by atoms with Gasteiger partial charge in [0.2, 0.25) is 0 Å². The lowest BCUT2D eigenvalue weighted by Gasteiger charge is -2.30. The average molecular weight is 504 g/mol. The summed E-state index contributed by atoms with van der Waals surface area (Å²) in [4.78, 5) is 25.0. The molecule has 8 nitrogen and oxygen atoms in total. The van der Waals surface area contributed by atoms with Gasteiger partial charge in [-0.25, -0.2) is 14.4 Å². The van der Waals surface area contributed by atoms with Crippen molar-refractivity contribution in [2.45, 2.75) is 13.0 Å². The molecule has 1 aliphatic heterocycles. The van der Waals surface area contributed by atoms with Crippen molar-refractivity contribution in [2.24, 2.45) is 0 Å². The number of methoxy groups -OCH3 is 4. The molecule has 0 saturated heterocycles. The fourth-order valence-electron chi connectivity index (χ4n) is 4.60. The average Bonchev–Trinajstić information content (AvgIpc) is 2.94. The topological polar surface area (TPSA) is 83.0 Å². The summed E-state index contributed by atoms with van der Waals surface area (Å²) in [5.41, 5.74) is 3.33. The Morgan fingerprint density at radius 2 is 1.57 bits per heavy atom. The Labute approximate surface area is 213 Å². The second kappa shape index (κ2) is 9.93. The molecule has 5 rings (SSSR count). The normalized spacial score (nSPS) is 12.7. The van der Waals surface area contributed by atoms with Gasteiger partial charge < -0.3 is 23.8 Å². The van der Waals surface area contributed by atoms with Gasteiger partial charge in [-0.05, 0) is 48.4 Å². The van der Waals surface area contributed by atoms with Crippen LogP contribution in [0.25, 0.3) is 22.3 Å². The highest BCUT2D eigenvalue weighted by Crippen LogP contribution is 2.36. The summed E-state index contributed by atoms with van der Waals surface area (Å²) in [7, 11) is 6.28. The Kier molecular flexibility index (Phi) is 6.52. The van der Waals surface area contributed by atoms with Crippen LogP contribution in [0.1, 0.15) is 21.6 Å². The number of aromatic nitrogens is 2. The van der Waals surface area contributed by atoms with E-state index in [2.05, 4.69) is 9.97 Å². The predicted molar refractivity (Wildman–Crippen MR) is 136 cm³/mol. The van der Waals surface area contributed by atoms with Crippen molar-refractivity contribution in [1.29, 1.82) is 0 Å². The minimum atomic E-state index is -0.370. The molecule has 1 aromatic heterocycles. The third-order valence-corrected chi connectivity index (χ3v) is 6.52. The summed E-state index contributed by atoms with van der Waals surface area (Å²) >= 11 is 0. The molecule has 0 bridgehead atoms. The van der Waals surface area contributed by atoms with Gasteiger partial charge >= 0.3 is 0 Å². The smallest absolute Gasteiger partial charge is 0.273 e. The molecular formula is C28H26FN3O5. The Balaban J connectivity index is 1.62. The number of nitrogens with zero attached hydrogens (tertiary/aromatic N) is 3. The molecule has 0 N–H and O–H groups in total. The molecule has 9 heteroatoms. The summed E-state index contributed by atoms with van der Waals surface area (Å²) in [6.45, 7) is 0.853. The molecule has 37 heavy (non-hydrogen) atoms. The zero-order valence-corrected chi connectivity index (χ0v) is 21.0. The van der Waals surface area contributed by atoms with Gasteiger partial charge in [-0.15, -0.1) is 0 Å². The van der Waals surface area contributed by atoms with E-state index >= 15 is 0 Å². The third-order valence-electron chi connectivity index (χ3n) is 6.52. The van der Waals surface area contributed by atoms with E-state index in [4.69, 9.17) is 18.9 Å². The highest BCUT2D eigenvalue weighted by Gasteiger charge is 2.28. The van der Waals surface area contributed by atoms with Gasteiger partial charge in [0.25, 0.3) is 5.91 Å². The first-order valence-electron chi connectivity index (χ1n) is 11.7. The van der Waals surface area contributed by atoms with Crippen LogP contribution in [0, 0.1) is 5.82 Å². The Hall–Kier alpha value is -4.40. The summed E-state index contributed by atoms with van der Waals surface area (Å²) in [5.74, 6) is 2.02. The number of carbonyl (C=O) groups excluding carboxylic acids is 1. The van der Waals surface area contributed by atoms with E-state index in [9.17, 15) is 9.18 Å². The van der Waals surface area contributed by atoms with E-state index in [1.807, 2.05) is 12.1 Å². The van der Waals surface area contributed by atoms with Crippen molar-refractivity contribution in [1.82, 2.24) is 14.9 Å². The minimum absolute atomic E-state index is 0.226. The molecule has 2 heterocycles. The monoisotopic (exact) mass is 503 g/mol. The molecule has 0 fully saturated rings. The number of benzene rings is 3. The van der Waals surface area contributed by atoms with Crippen LogP contribution in [0.2, 0.25) is 0 Å². The van der Waals surface area contributed by atoms with Gasteiger partial charge in [-0.2, -0.15) is 0 Å². The minimum Gasteiger partial charge on any atom is -0.497 e. The summed E-state index contributed by atoms with van der Waals surface area (Å²) in [6, 6.07) is 13.0. The number of fused-ring (bicyclic) bond motifs is 2. The van der Waals surface area contributed by atoms with Crippen molar-refractivity contribution in [3.05, 3.63) is 71.2 Å². The molecule has 0 unspecified atom stereocenters. The van der Waals surface area contributed by atoms with Crippen LogP contribution in [0.4, 0.5) is 4.39 Å². The Morgan fingerprint density at radius 1 is 0.865 bits per heavy atom. The first-order chi connectivity index (χ1) is 17.9. The maximum Gasteiger partial charge on any atom is 0.273 e. The number of carbonyl (C=O) groups is 1. The summed E-state index contributed by atoms with van der Waals surface area (Å²) < 4.78 is 35.5. The van der Waals surface area contributed by atoms with Crippen LogP contribution in [0.15, 0.2) is 48.5 Å². The zero-order valence-electron chi connectivity index (χ0n) is 21.0. The lowest BCUT2D eigenvalue weighted by atomic mass is 9.97. The maximum absolute atomic E-state index is 14.0. The van der Waals surface area contributed by atoms with E-state index < -0.39 is 0 Å². The van der Waals surface area contributed by atoms with Crippen LogP contribution >= 0.6 is 0 Å². The largest absolute Gasteiger partial charge is 0.497 e. The maximum atomic E-state index is 14.0. The van der Waals surface area contributed by atoms with Crippen molar-refractivity contribution < 1.29 is 28.1 Å². The van der Waals surface area contributed by atoms with Gasteiger partial charge in [-0.3, -0.25) is 4.79 Å². The van der Waals surface area contributed by atoms with Crippen molar-refractivity contribution in [3.8, 4) is 34.4 Å². The number of amides is 1. The van der Waals surface area contributed by atoms with Gasteiger partial charge in [-0.1, -0.05) is 0 Å². The first kappa shape index (κ1) is 24.3. The molecule has 0 spiro atoms. The van der Waals surface area contributed by atoms with E-state index in [1.54, 1.807) is 43.4 Å². The molecule has 0 radical (unpaired) electrons. The van der Waals surface area contributed by atoms with Crippen LogP contribution < -0.4 is 18.9 Å². The van der Waals surface area contributed by atoms with Crippen LogP contribution in [-0.2, 0) is 13.0 Å². The quantitative estimate of drug-likeness (QED) is 0.378. The van der Waals surface area contributed by atoms with E-state index in [-0.39, 0.29) is 17.4 Å². The van der Waals surface area contributed by atoms with E-state index in [0.717, 1.165) is 16.9 Å². The molecule has 1 amide bonds. The predicted octanol–water partition coefficient (Wildman–Crippen LogP) is 4.67. The van der Waals surface area contributed by atoms with Gasteiger partial charge in [0.1, 0.15) is 23.0 Å². The fourth-order valence-corrected chi connectivity index (χ4v) is 4.60. The summed E-state index contributed by atoms with van der Waals surface area (Å²) in [6.07, 6.45) is 0.624. The zero-order chi connectivity index (χ0) is 26.1. The fraction of sp³-hybridized carbons (Fsp3) is 0.250. The molecule has 0 saturated carbocycles. The molecular weight excluding hydrogens is 477 g/mol. The number of ether oxygens (including phenoxy) is 4. The molecule has 1 aliphatic rings. The van der Waals surface area contributed by atoms with Gasteiger partial charge in [0.15, 0.2) is 17.3 Å². The highest BCUT2D eigenvalue weighted by molar-refractivity contribution is 6.05. The van der Waals surface area contributed by atoms with E-state index in [1.165, 1.54) is 26.4 Å². The molecule has 3 aromatic carbocycles. The standard InChI is InChI=1S/C28H26FN3O5/c1-34-19-11-17-15-32(10-9-20(17)23(12-19)35-2)28(33)26-21-13-24(36-3)25(37-4)14-22(21)30-27(31-26)16-5-7-18(29)8-6-16/h5-8,11-14H,9-10,15H2,1-4H3. The molecule has 0 aliphatic carbocycles. The number of rotatable bonds is 6. The Morgan fingerprint density at radius 3 is 2.24 bits per heavy atom. The lowest BCUT2D eigenvalue weighted by molar-refractivity contribution is 0.0729. The second-order valence-corrected chi connectivity index (χ2v) is 8.57. The van der Waals surface area contributed by atoms with Gasteiger partial charge in [0.05, 0.1) is 34.0 Å². The molecule has 0 atom stereocenters. The highest BCUT2D eigenvalue weighted by atomic mass is 19.1. The van der Waals surface area contributed by atoms with E-state index in [0.29, 0.717) is 59.0 Å². The lowest BCUT2D eigenvalue weighted by Crippen LogP contribution is -2.36. The Bertz CT molecular complexity index is 1490. The van der Waals surface area contributed by atoms with Crippen molar-refractivity contribution in [2.75, 3.05) is 35.0 Å². The molecule has 190 valence electrons. The van der Waals surface area contributed by atoms with Gasteiger partial charge in [0, 0.05) is 41.7 Å². The SMILES string of the molecule is COc1cc2c(c(OC)c1)CCN(C(=O)c1nc(-c3ccc(F)cc3)nc3cc(OC)c(OC)cc13)C2. The van der Waals surface area contributed by atoms with Crippen molar-refractivity contribution >= 4 is 16.8 Å². The van der Waals surface area contributed by atoms with Crippen LogP contribution in [-0.4, -0.2) is 55.8 Å². The van der Waals surface area contributed by atoms with Crippen LogP contribution in [0.5, 0.6) is 23.0 Å². The number of halogens is 1. The number of hydrogen-bond donors (Lipinski definition) is 0. The number of hydrogen-bond acceptors (Lipinski definition) is 7. The summed E-state index contributed by atoms with van der Waals surface area (Å²) in [5, 5.41) is 0.530. The van der Waals surface area contributed by atoms with Crippen LogP contribution in [0.3, 0.4) is 0 Å². The first-order valence-corrected chi connectivity index (χ1v) is 11.7.